The number of methoxy groups -OCH3 is 1. The van der Waals surface area contributed by atoms with Crippen molar-refractivity contribution in [1.82, 2.24) is 0 Å². The standard InChI is InChI=1S/C20H22N2O7S2/c1-13-11-14(22-19(24)20(2,3)12-30(22,25)26)9-10-17(13)31(27,28)21-16-8-6-5-7-15(16)18(23)29-4/h5-11,21H,12H2,1-4H3. The fourth-order valence-electron chi connectivity index (χ4n) is 3.38. The average Bonchev–Trinajstić information content (AvgIpc) is 2.83. The molecule has 0 spiro atoms. The Morgan fingerprint density at radius 1 is 1.16 bits per heavy atom. The van der Waals surface area contributed by atoms with Crippen molar-refractivity contribution in [2.75, 3.05) is 21.9 Å². The molecule has 1 saturated heterocycles. The van der Waals surface area contributed by atoms with Crippen molar-refractivity contribution in [2.45, 2.75) is 25.7 Å². The number of para-hydroxylation sites is 1. The van der Waals surface area contributed by atoms with Crippen LogP contribution in [0.5, 0.6) is 0 Å². The summed E-state index contributed by atoms with van der Waals surface area (Å²) in [5.74, 6) is -1.61. The third-order valence-electron chi connectivity index (χ3n) is 4.84. The molecule has 1 heterocycles. The molecule has 0 saturated carbocycles. The summed E-state index contributed by atoms with van der Waals surface area (Å²) in [6, 6.07) is 9.80. The van der Waals surface area contributed by atoms with E-state index in [2.05, 4.69) is 9.46 Å². The molecule has 1 aliphatic heterocycles. The number of esters is 1. The minimum atomic E-state index is -4.12. The van der Waals surface area contributed by atoms with Crippen molar-refractivity contribution in [2.24, 2.45) is 5.41 Å². The number of hydrogen-bond donors (Lipinski definition) is 1. The number of nitrogens with zero attached hydrogens (tertiary/aromatic N) is 1. The monoisotopic (exact) mass is 466 g/mol. The normalized spacial score (nSPS) is 17.4. The van der Waals surface area contributed by atoms with Gasteiger partial charge < -0.3 is 4.74 Å². The van der Waals surface area contributed by atoms with Crippen molar-refractivity contribution in [3.05, 3.63) is 53.6 Å². The molecular weight excluding hydrogens is 444 g/mol. The van der Waals surface area contributed by atoms with Gasteiger partial charge in [0.1, 0.15) is 0 Å². The van der Waals surface area contributed by atoms with Gasteiger partial charge in [0, 0.05) is 0 Å². The number of sulfonamides is 2. The second kappa shape index (κ2) is 7.65. The Morgan fingerprint density at radius 2 is 1.81 bits per heavy atom. The molecule has 1 N–H and O–H groups in total. The fourth-order valence-corrected chi connectivity index (χ4v) is 6.79. The maximum absolute atomic E-state index is 13.0. The summed E-state index contributed by atoms with van der Waals surface area (Å²) in [7, 11) is -6.80. The van der Waals surface area contributed by atoms with Gasteiger partial charge in [-0.05, 0) is 56.7 Å². The summed E-state index contributed by atoms with van der Waals surface area (Å²) in [5.41, 5.74) is -0.692. The Balaban J connectivity index is 1.99. The molecule has 0 bridgehead atoms. The summed E-state index contributed by atoms with van der Waals surface area (Å²) in [6.45, 7) is 4.57. The fraction of sp³-hybridized carbons (Fsp3) is 0.300. The van der Waals surface area contributed by atoms with Crippen LogP contribution < -0.4 is 9.03 Å². The zero-order valence-corrected chi connectivity index (χ0v) is 19.0. The largest absolute Gasteiger partial charge is 0.465 e. The Kier molecular flexibility index (Phi) is 5.61. The van der Waals surface area contributed by atoms with E-state index in [1.807, 2.05) is 0 Å². The molecule has 0 unspecified atom stereocenters. The number of rotatable bonds is 5. The second-order valence-electron chi connectivity index (χ2n) is 7.80. The van der Waals surface area contributed by atoms with Crippen molar-refractivity contribution in [3.63, 3.8) is 0 Å². The first kappa shape index (κ1) is 22.8. The van der Waals surface area contributed by atoms with Crippen LogP contribution >= 0.6 is 0 Å². The van der Waals surface area contributed by atoms with Gasteiger partial charge in [0.05, 0.1) is 40.1 Å². The van der Waals surface area contributed by atoms with E-state index in [1.54, 1.807) is 26.0 Å². The number of aryl methyl sites for hydroxylation is 1. The van der Waals surface area contributed by atoms with E-state index in [0.29, 0.717) is 0 Å². The Hall–Kier alpha value is -2.92. The number of benzene rings is 2. The van der Waals surface area contributed by atoms with Crippen LogP contribution in [-0.4, -0.2) is 41.6 Å². The molecule has 0 aromatic heterocycles. The number of carbonyl (C=O) groups is 2. The zero-order valence-electron chi connectivity index (χ0n) is 17.4. The van der Waals surface area contributed by atoms with Crippen molar-refractivity contribution in [3.8, 4) is 0 Å². The summed E-state index contributed by atoms with van der Waals surface area (Å²) < 4.78 is 58.6. The number of carbonyl (C=O) groups excluding carboxylic acids is 2. The van der Waals surface area contributed by atoms with Crippen LogP contribution in [0.15, 0.2) is 47.4 Å². The van der Waals surface area contributed by atoms with Gasteiger partial charge in [-0.15, -0.1) is 0 Å². The molecule has 11 heteroatoms. The number of hydrogen-bond acceptors (Lipinski definition) is 7. The zero-order chi connectivity index (χ0) is 23.2. The van der Waals surface area contributed by atoms with E-state index >= 15 is 0 Å². The topological polar surface area (TPSA) is 127 Å². The maximum Gasteiger partial charge on any atom is 0.339 e. The molecule has 0 radical (unpaired) electrons. The first-order chi connectivity index (χ1) is 14.3. The first-order valence-corrected chi connectivity index (χ1v) is 12.3. The number of ether oxygens (including phenoxy) is 1. The highest BCUT2D eigenvalue weighted by atomic mass is 32.2. The SMILES string of the molecule is COC(=O)c1ccccc1NS(=O)(=O)c1ccc(N2C(=O)C(C)(C)CS2(=O)=O)cc1C. The molecule has 3 rings (SSSR count). The lowest BCUT2D eigenvalue weighted by molar-refractivity contribution is -0.123. The minimum Gasteiger partial charge on any atom is -0.465 e. The van der Waals surface area contributed by atoms with Gasteiger partial charge in [0.2, 0.25) is 15.9 Å². The molecule has 2 aromatic rings. The molecule has 0 atom stereocenters. The lowest BCUT2D eigenvalue weighted by Gasteiger charge is -2.19. The van der Waals surface area contributed by atoms with Gasteiger partial charge in [0.15, 0.2) is 0 Å². The van der Waals surface area contributed by atoms with Crippen LogP contribution in [0.3, 0.4) is 0 Å². The molecule has 31 heavy (non-hydrogen) atoms. The van der Waals surface area contributed by atoms with Crippen LogP contribution in [0, 0.1) is 12.3 Å². The van der Waals surface area contributed by atoms with Gasteiger partial charge >= 0.3 is 5.97 Å². The van der Waals surface area contributed by atoms with Crippen molar-refractivity contribution in [1.29, 1.82) is 0 Å². The molecule has 1 fully saturated rings. The Bertz CT molecular complexity index is 1280. The summed E-state index contributed by atoms with van der Waals surface area (Å²) in [5, 5.41) is 0. The third-order valence-corrected chi connectivity index (χ3v) is 8.39. The van der Waals surface area contributed by atoms with Crippen LogP contribution in [-0.2, 0) is 29.6 Å². The molecule has 0 aliphatic carbocycles. The molecule has 1 amide bonds. The highest BCUT2D eigenvalue weighted by molar-refractivity contribution is 7.94. The van der Waals surface area contributed by atoms with Crippen molar-refractivity contribution < 1.29 is 31.2 Å². The van der Waals surface area contributed by atoms with Crippen LogP contribution in [0.2, 0.25) is 0 Å². The lowest BCUT2D eigenvalue weighted by Crippen LogP contribution is -2.33. The van der Waals surface area contributed by atoms with E-state index < -0.39 is 37.3 Å². The van der Waals surface area contributed by atoms with E-state index in [4.69, 9.17) is 0 Å². The van der Waals surface area contributed by atoms with Gasteiger partial charge in [-0.25, -0.2) is 25.9 Å². The number of amides is 1. The van der Waals surface area contributed by atoms with E-state index in [-0.39, 0.29) is 33.2 Å². The van der Waals surface area contributed by atoms with E-state index in [1.165, 1.54) is 44.4 Å². The highest BCUT2D eigenvalue weighted by Crippen LogP contribution is 2.37. The number of nitrogens with one attached hydrogen (secondary N) is 1. The molecular formula is C20H22N2O7S2. The first-order valence-electron chi connectivity index (χ1n) is 9.18. The van der Waals surface area contributed by atoms with Gasteiger partial charge in [-0.1, -0.05) is 12.1 Å². The highest BCUT2D eigenvalue weighted by Gasteiger charge is 2.50. The summed E-state index contributed by atoms with van der Waals surface area (Å²) >= 11 is 0. The minimum absolute atomic E-state index is 0.0388. The van der Waals surface area contributed by atoms with E-state index in [0.717, 1.165) is 4.31 Å². The number of anilines is 2. The van der Waals surface area contributed by atoms with Gasteiger partial charge in [-0.3, -0.25) is 9.52 Å². The van der Waals surface area contributed by atoms with Gasteiger partial charge in [0.25, 0.3) is 10.0 Å². The Labute approximate surface area is 181 Å². The lowest BCUT2D eigenvalue weighted by atomic mass is 9.95. The average molecular weight is 467 g/mol. The Morgan fingerprint density at radius 3 is 2.35 bits per heavy atom. The molecule has 2 aromatic carbocycles. The smallest absolute Gasteiger partial charge is 0.339 e. The predicted molar refractivity (Wildman–Crippen MR) is 115 cm³/mol. The maximum atomic E-state index is 13.0. The quantitative estimate of drug-likeness (QED) is 0.670. The third kappa shape index (κ3) is 4.15. The second-order valence-corrected chi connectivity index (χ2v) is 11.3. The molecule has 166 valence electrons. The molecule has 1 aliphatic rings. The van der Waals surface area contributed by atoms with Crippen LogP contribution in [0.25, 0.3) is 0 Å². The molecule has 9 nitrogen and oxygen atoms in total. The van der Waals surface area contributed by atoms with Crippen LogP contribution in [0.4, 0.5) is 11.4 Å². The van der Waals surface area contributed by atoms with E-state index in [9.17, 15) is 26.4 Å². The van der Waals surface area contributed by atoms with Crippen molar-refractivity contribution >= 4 is 43.3 Å². The summed E-state index contributed by atoms with van der Waals surface area (Å²) in [6.07, 6.45) is 0. The predicted octanol–water partition coefficient (Wildman–Crippen LogP) is 2.29. The van der Waals surface area contributed by atoms with Crippen LogP contribution in [0.1, 0.15) is 29.8 Å². The summed E-state index contributed by atoms with van der Waals surface area (Å²) in [4.78, 5) is 24.4. The van der Waals surface area contributed by atoms with Gasteiger partial charge in [-0.2, -0.15) is 0 Å².